The highest BCUT2D eigenvalue weighted by molar-refractivity contribution is 7.98. The molecule has 132 valence electrons. The van der Waals surface area contributed by atoms with Gasteiger partial charge in [-0.05, 0) is 48.7 Å². The maximum Gasteiger partial charge on any atom is 0.254 e. The standard InChI is InChI=1S/C20H19N3O2S/c1-26-18-7-5-16(6-8-18)19(24)22-9-11-23(12-10-22)20(25)17-4-2-3-15(13-17)14-21/h2-8,13H,9-12H2,1H3. The van der Waals surface area contributed by atoms with E-state index in [0.717, 1.165) is 4.90 Å². The molecular formula is C20H19N3O2S. The number of hydrogen-bond donors (Lipinski definition) is 0. The Morgan fingerprint density at radius 1 is 0.923 bits per heavy atom. The van der Waals surface area contributed by atoms with E-state index >= 15 is 0 Å². The van der Waals surface area contributed by atoms with Crippen LogP contribution in [0, 0.1) is 11.3 Å². The van der Waals surface area contributed by atoms with Crippen LogP contribution in [0.3, 0.4) is 0 Å². The summed E-state index contributed by atoms with van der Waals surface area (Å²) in [5.74, 6) is -0.102. The number of nitriles is 1. The summed E-state index contributed by atoms with van der Waals surface area (Å²) in [6.45, 7) is 1.99. The molecule has 0 N–H and O–H groups in total. The average Bonchev–Trinajstić information content (AvgIpc) is 2.73. The van der Waals surface area contributed by atoms with Gasteiger partial charge in [-0.25, -0.2) is 0 Å². The molecule has 1 aliphatic heterocycles. The molecule has 0 atom stereocenters. The van der Waals surface area contributed by atoms with Gasteiger partial charge >= 0.3 is 0 Å². The van der Waals surface area contributed by atoms with Gasteiger partial charge in [0.15, 0.2) is 0 Å². The monoisotopic (exact) mass is 365 g/mol. The molecule has 0 saturated carbocycles. The Kier molecular flexibility index (Phi) is 5.59. The Labute approximate surface area is 157 Å². The van der Waals surface area contributed by atoms with Gasteiger partial charge in [0.05, 0.1) is 11.6 Å². The van der Waals surface area contributed by atoms with Crippen LogP contribution in [-0.2, 0) is 0 Å². The minimum Gasteiger partial charge on any atom is -0.335 e. The molecular weight excluding hydrogens is 346 g/mol. The summed E-state index contributed by atoms with van der Waals surface area (Å²) in [7, 11) is 0. The lowest BCUT2D eigenvalue weighted by Gasteiger charge is -2.35. The summed E-state index contributed by atoms with van der Waals surface area (Å²) in [6, 6.07) is 16.3. The van der Waals surface area contributed by atoms with Crippen LogP contribution >= 0.6 is 11.8 Å². The number of piperazine rings is 1. The van der Waals surface area contributed by atoms with Crippen LogP contribution in [0.25, 0.3) is 0 Å². The van der Waals surface area contributed by atoms with Crippen molar-refractivity contribution >= 4 is 23.6 Å². The van der Waals surface area contributed by atoms with E-state index in [4.69, 9.17) is 5.26 Å². The number of thioether (sulfide) groups is 1. The quantitative estimate of drug-likeness (QED) is 0.785. The van der Waals surface area contributed by atoms with Crippen LogP contribution in [0.2, 0.25) is 0 Å². The highest BCUT2D eigenvalue weighted by Crippen LogP contribution is 2.17. The van der Waals surface area contributed by atoms with Crippen molar-refractivity contribution in [3.63, 3.8) is 0 Å². The van der Waals surface area contributed by atoms with Crippen molar-refractivity contribution in [3.8, 4) is 6.07 Å². The third-order valence-corrected chi connectivity index (χ3v) is 5.17. The zero-order chi connectivity index (χ0) is 18.5. The molecule has 1 aliphatic rings. The molecule has 0 aliphatic carbocycles. The van der Waals surface area contributed by atoms with E-state index in [1.54, 1.807) is 45.8 Å². The number of carbonyl (C=O) groups is 2. The molecule has 2 aromatic rings. The number of amides is 2. The van der Waals surface area contributed by atoms with Gasteiger partial charge in [-0.2, -0.15) is 5.26 Å². The number of rotatable bonds is 3. The fourth-order valence-electron chi connectivity index (χ4n) is 2.93. The third kappa shape index (κ3) is 3.89. The molecule has 1 saturated heterocycles. The van der Waals surface area contributed by atoms with Gasteiger partial charge in [-0.3, -0.25) is 9.59 Å². The fraction of sp³-hybridized carbons (Fsp3) is 0.250. The van der Waals surface area contributed by atoms with Crippen molar-refractivity contribution in [2.45, 2.75) is 4.90 Å². The first-order chi connectivity index (χ1) is 12.6. The van der Waals surface area contributed by atoms with Gasteiger partial charge in [-0.1, -0.05) is 6.07 Å². The van der Waals surface area contributed by atoms with Gasteiger partial charge in [0.2, 0.25) is 0 Å². The molecule has 6 heteroatoms. The van der Waals surface area contributed by atoms with Crippen LogP contribution < -0.4 is 0 Å². The minimum absolute atomic E-state index is 0.00349. The minimum atomic E-state index is -0.0986. The smallest absolute Gasteiger partial charge is 0.254 e. The topological polar surface area (TPSA) is 64.4 Å². The van der Waals surface area contributed by atoms with Gasteiger partial charge in [0.1, 0.15) is 0 Å². The lowest BCUT2D eigenvalue weighted by atomic mass is 10.1. The summed E-state index contributed by atoms with van der Waals surface area (Å²) < 4.78 is 0. The highest BCUT2D eigenvalue weighted by atomic mass is 32.2. The van der Waals surface area contributed by atoms with Crippen molar-refractivity contribution < 1.29 is 9.59 Å². The SMILES string of the molecule is CSc1ccc(C(=O)N2CCN(C(=O)c3cccc(C#N)c3)CC2)cc1. The number of nitrogens with zero attached hydrogens (tertiary/aromatic N) is 3. The van der Waals surface area contributed by atoms with E-state index < -0.39 is 0 Å². The molecule has 0 unspecified atom stereocenters. The van der Waals surface area contributed by atoms with Crippen molar-refractivity contribution in [1.29, 1.82) is 5.26 Å². The fourth-order valence-corrected chi connectivity index (χ4v) is 3.34. The second-order valence-electron chi connectivity index (χ2n) is 6.01. The van der Waals surface area contributed by atoms with E-state index in [0.29, 0.717) is 42.9 Å². The summed E-state index contributed by atoms with van der Waals surface area (Å²) in [6.07, 6.45) is 2.00. The predicted molar refractivity (Wildman–Crippen MR) is 101 cm³/mol. The van der Waals surface area contributed by atoms with Gasteiger partial charge < -0.3 is 9.80 Å². The Bertz CT molecular complexity index is 850. The molecule has 0 spiro atoms. The summed E-state index contributed by atoms with van der Waals surface area (Å²) >= 11 is 1.64. The second kappa shape index (κ2) is 8.07. The predicted octanol–water partition coefficient (Wildman–Crippen LogP) is 2.88. The second-order valence-corrected chi connectivity index (χ2v) is 6.89. The van der Waals surface area contributed by atoms with Gasteiger partial charge in [0.25, 0.3) is 11.8 Å². The van der Waals surface area contributed by atoms with Crippen LogP contribution in [0.15, 0.2) is 53.4 Å². The van der Waals surface area contributed by atoms with E-state index in [-0.39, 0.29) is 11.8 Å². The van der Waals surface area contributed by atoms with Crippen LogP contribution in [0.4, 0.5) is 0 Å². The van der Waals surface area contributed by atoms with Crippen LogP contribution in [-0.4, -0.2) is 54.0 Å². The number of hydrogen-bond acceptors (Lipinski definition) is 4. The Balaban J connectivity index is 1.62. The van der Waals surface area contributed by atoms with Gasteiger partial charge in [-0.15, -0.1) is 11.8 Å². The first-order valence-electron chi connectivity index (χ1n) is 8.35. The van der Waals surface area contributed by atoms with E-state index in [2.05, 4.69) is 0 Å². The first-order valence-corrected chi connectivity index (χ1v) is 9.57. The van der Waals surface area contributed by atoms with Crippen LogP contribution in [0.5, 0.6) is 0 Å². The third-order valence-electron chi connectivity index (χ3n) is 4.43. The summed E-state index contributed by atoms with van der Waals surface area (Å²) in [5.41, 5.74) is 1.65. The molecule has 1 fully saturated rings. The normalized spacial score (nSPS) is 14.0. The Morgan fingerprint density at radius 3 is 2.04 bits per heavy atom. The molecule has 26 heavy (non-hydrogen) atoms. The molecule has 2 aromatic carbocycles. The maximum atomic E-state index is 12.6. The molecule has 2 amide bonds. The largest absolute Gasteiger partial charge is 0.335 e. The molecule has 1 heterocycles. The maximum absolute atomic E-state index is 12.6. The zero-order valence-electron chi connectivity index (χ0n) is 14.5. The molecule has 0 bridgehead atoms. The average molecular weight is 365 g/mol. The van der Waals surface area contributed by atoms with E-state index in [1.165, 1.54) is 0 Å². The zero-order valence-corrected chi connectivity index (χ0v) is 15.3. The number of benzene rings is 2. The summed E-state index contributed by atoms with van der Waals surface area (Å²) in [4.78, 5) is 29.8. The van der Waals surface area contributed by atoms with E-state index in [9.17, 15) is 9.59 Å². The molecule has 0 aromatic heterocycles. The summed E-state index contributed by atoms with van der Waals surface area (Å²) in [5, 5.41) is 8.97. The van der Waals surface area contributed by atoms with Crippen molar-refractivity contribution in [2.24, 2.45) is 0 Å². The lowest BCUT2D eigenvalue weighted by Crippen LogP contribution is -2.50. The van der Waals surface area contributed by atoms with Crippen molar-refractivity contribution in [1.82, 2.24) is 9.80 Å². The van der Waals surface area contributed by atoms with Crippen LogP contribution in [0.1, 0.15) is 26.3 Å². The van der Waals surface area contributed by atoms with Crippen molar-refractivity contribution in [2.75, 3.05) is 32.4 Å². The number of carbonyl (C=O) groups excluding carboxylic acids is 2. The van der Waals surface area contributed by atoms with Crippen molar-refractivity contribution in [3.05, 3.63) is 65.2 Å². The first kappa shape index (κ1) is 18.0. The highest BCUT2D eigenvalue weighted by Gasteiger charge is 2.25. The Morgan fingerprint density at radius 2 is 1.50 bits per heavy atom. The molecule has 3 rings (SSSR count). The molecule has 0 radical (unpaired) electrons. The van der Waals surface area contributed by atoms with Gasteiger partial charge in [0, 0.05) is 42.2 Å². The molecule has 5 nitrogen and oxygen atoms in total. The van der Waals surface area contributed by atoms with E-state index in [1.807, 2.05) is 36.6 Å². The Hall–Kier alpha value is -2.78. The lowest BCUT2D eigenvalue weighted by molar-refractivity contribution is 0.0535.